The van der Waals surface area contributed by atoms with Crippen LogP contribution >= 0.6 is 0 Å². The molecule has 2 rings (SSSR count). The molecule has 24 heavy (non-hydrogen) atoms. The first-order valence-electron chi connectivity index (χ1n) is 7.99. The highest BCUT2D eigenvalue weighted by atomic mass is 32.2. The first-order valence-corrected chi connectivity index (χ1v) is 9.88. The second-order valence-corrected chi connectivity index (χ2v) is 8.12. The molecule has 0 radical (unpaired) electrons. The Morgan fingerprint density at radius 1 is 1.46 bits per heavy atom. The molecule has 1 saturated heterocycles. The number of nitrogens with one attached hydrogen (secondary N) is 2. The highest BCUT2D eigenvalue weighted by molar-refractivity contribution is 7.88. The van der Waals surface area contributed by atoms with Gasteiger partial charge in [-0.15, -0.1) is 0 Å². The van der Waals surface area contributed by atoms with Gasteiger partial charge in [-0.05, 0) is 19.3 Å². The predicted octanol–water partition coefficient (Wildman–Crippen LogP) is -0.203. The molecule has 0 aliphatic carbocycles. The van der Waals surface area contributed by atoms with Crippen LogP contribution in [0.1, 0.15) is 31.2 Å². The maximum atomic E-state index is 12.5. The van der Waals surface area contributed by atoms with E-state index in [1.54, 1.807) is 11.8 Å². The van der Waals surface area contributed by atoms with Crippen molar-refractivity contribution in [3.05, 3.63) is 27.9 Å². The number of H-pyrrole nitrogens is 1. The molecule has 0 spiro atoms. The maximum absolute atomic E-state index is 12.5. The Kier molecular flexibility index (Phi) is 5.76. The summed E-state index contributed by atoms with van der Waals surface area (Å²) < 4.78 is 25.6. The van der Waals surface area contributed by atoms with Gasteiger partial charge in [0, 0.05) is 30.9 Å². The topological polar surface area (TPSA) is 112 Å². The Morgan fingerprint density at radius 3 is 2.75 bits per heavy atom. The Morgan fingerprint density at radius 2 is 2.17 bits per heavy atom. The van der Waals surface area contributed by atoms with Crippen molar-refractivity contribution in [2.45, 2.75) is 39.2 Å². The number of carbonyl (C=O) groups excluding carboxylic acids is 1. The third-order valence-corrected chi connectivity index (χ3v) is 4.89. The fraction of sp³-hybridized carbons (Fsp3) is 0.667. The van der Waals surface area contributed by atoms with Gasteiger partial charge >= 0.3 is 0 Å². The summed E-state index contributed by atoms with van der Waals surface area (Å²) in [5.74, 6) is 0.394. The summed E-state index contributed by atoms with van der Waals surface area (Å²) in [6.07, 6.45) is 4.25. The number of hydrogen-bond acceptors (Lipinski definition) is 5. The van der Waals surface area contributed by atoms with E-state index < -0.39 is 10.0 Å². The van der Waals surface area contributed by atoms with Crippen LogP contribution in [-0.4, -0.2) is 54.6 Å². The molecule has 134 valence electrons. The average molecular weight is 356 g/mol. The number of hydrogen-bond donors (Lipinski definition) is 2. The van der Waals surface area contributed by atoms with Crippen LogP contribution < -0.4 is 10.3 Å². The zero-order chi connectivity index (χ0) is 17.9. The minimum absolute atomic E-state index is 0.0347. The molecule has 1 aromatic heterocycles. The summed E-state index contributed by atoms with van der Waals surface area (Å²) >= 11 is 0. The second kappa shape index (κ2) is 7.43. The average Bonchev–Trinajstić information content (AvgIpc) is 2.83. The smallest absolute Gasteiger partial charge is 0.254 e. The summed E-state index contributed by atoms with van der Waals surface area (Å²) in [5, 5.41) is 0. The van der Waals surface area contributed by atoms with Crippen LogP contribution in [0.25, 0.3) is 0 Å². The Labute approximate surface area is 141 Å². The number of aromatic amines is 1. The van der Waals surface area contributed by atoms with E-state index in [9.17, 15) is 18.0 Å². The summed E-state index contributed by atoms with van der Waals surface area (Å²) in [7, 11) is -3.33. The first kappa shape index (κ1) is 18.6. The number of aryl methyl sites for hydroxylation is 1. The van der Waals surface area contributed by atoms with E-state index in [1.165, 1.54) is 6.20 Å². The molecule has 1 fully saturated rings. The predicted molar refractivity (Wildman–Crippen MR) is 90.0 cm³/mol. The molecule has 0 bridgehead atoms. The van der Waals surface area contributed by atoms with E-state index in [0.29, 0.717) is 24.5 Å². The largest absolute Gasteiger partial charge is 0.340 e. The Hall–Kier alpha value is -1.74. The van der Waals surface area contributed by atoms with Crippen LogP contribution in [0.4, 0.5) is 0 Å². The summed E-state index contributed by atoms with van der Waals surface area (Å²) in [6, 6.07) is -0.279. The number of likely N-dealkylation sites (tertiary alicyclic amines) is 1. The molecule has 1 aliphatic heterocycles. The van der Waals surface area contributed by atoms with Crippen molar-refractivity contribution in [2.75, 3.05) is 19.3 Å². The molecule has 0 aromatic carbocycles. The van der Waals surface area contributed by atoms with Crippen LogP contribution in [0.2, 0.25) is 0 Å². The third-order valence-electron chi connectivity index (χ3n) is 4.16. The molecule has 1 amide bonds. The van der Waals surface area contributed by atoms with E-state index in [2.05, 4.69) is 14.7 Å². The normalized spacial score (nSPS) is 21.2. The van der Waals surface area contributed by atoms with Gasteiger partial charge in [-0.2, -0.15) is 0 Å². The molecule has 0 unspecified atom stereocenters. The lowest BCUT2D eigenvalue weighted by Crippen LogP contribution is -2.40. The monoisotopic (exact) mass is 356 g/mol. The van der Waals surface area contributed by atoms with Gasteiger partial charge in [-0.1, -0.05) is 13.3 Å². The number of carbonyl (C=O) groups is 1. The lowest BCUT2D eigenvalue weighted by Gasteiger charge is -2.17. The molecule has 9 heteroatoms. The molecule has 2 atom stereocenters. The molecular formula is C15H24N4O4S. The van der Waals surface area contributed by atoms with Crippen molar-refractivity contribution in [3.63, 3.8) is 0 Å². The van der Waals surface area contributed by atoms with E-state index in [-0.39, 0.29) is 29.8 Å². The van der Waals surface area contributed by atoms with Crippen molar-refractivity contribution in [1.29, 1.82) is 0 Å². The second-order valence-electron chi connectivity index (χ2n) is 6.34. The molecule has 0 saturated carbocycles. The molecular weight excluding hydrogens is 332 g/mol. The van der Waals surface area contributed by atoms with Crippen LogP contribution in [0.15, 0.2) is 11.0 Å². The third kappa shape index (κ3) is 4.88. The number of sulfonamides is 1. The fourth-order valence-corrected chi connectivity index (χ4v) is 3.87. The molecule has 2 N–H and O–H groups in total. The Balaban J connectivity index is 2.08. The zero-order valence-corrected chi connectivity index (χ0v) is 15.0. The van der Waals surface area contributed by atoms with Crippen molar-refractivity contribution < 1.29 is 13.2 Å². The quantitative estimate of drug-likeness (QED) is 0.733. The highest BCUT2D eigenvalue weighted by Crippen LogP contribution is 2.23. The van der Waals surface area contributed by atoms with E-state index >= 15 is 0 Å². The molecule has 8 nitrogen and oxygen atoms in total. The van der Waals surface area contributed by atoms with Gasteiger partial charge in [-0.3, -0.25) is 9.59 Å². The van der Waals surface area contributed by atoms with Crippen LogP contribution in [0, 0.1) is 12.8 Å². The number of aromatic nitrogens is 2. The standard InChI is InChI=1S/C15H24N4O4S/c1-4-5-11-8-19(9-13(11)18-24(3,22)23)14(20)6-12-7-16-10(2)17-15(12)21/h7,11,13,18H,4-6,8-9H2,1-3H3,(H,16,17,21)/t11-,13-/m0/s1. The van der Waals surface area contributed by atoms with Gasteiger partial charge in [0.15, 0.2) is 0 Å². The first-order chi connectivity index (χ1) is 11.2. The van der Waals surface area contributed by atoms with E-state index in [0.717, 1.165) is 19.1 Å². The van der Waals surface area contributed by atoms with Gasteiger partial charge in [-0.25, -0.2) is 18.1 Å². The maximum Gasteiger partial charge on any atom is 0.254 e. The minimum Gasteiger partial charge on any atom is -0.340 e. The Bertz CT molecular complexity index is 759. The van der Waals surface area contributed by atoms with Crippen molar-refractivity contribution in [3.8, 4) is 0 Å². The van der Waals surface area contributed by atoms with Gasteiger partial charge in [0.1, 0.15) is 5.82 Å². The molecule has 1 aromatic rings. The molecule has 1 aliphatic rings. The van der Waals surface area contributed by atoms with Crippen molar-refractivity contribution >= 4 is 15.9 Å². The fourth-order valence-electron chi connectivity index (χ4n) is 3.06. The minimum atomic E-state index is -3.33. The number of nitrogens with zero attached hydrogens (tertiary/aromatic N) is 2. The van der Waals surface area contributed by atoms with Gasteiger partial charge in [0.25, 0.3) is 5.56 Å². The van der Waals surface area contributed by atoms with Gasteiger partial charge in [0.2, 0.25) is 15.9 Å². The van der Waals surface area contributed by atoms with Crippen molar-refractivity contribution in [2.24, 2.45) is 5.92 Å². The number of rotatable bonds is 6. The van der Waals surface area contributed by atoms with Crippen molar-refractivity contribution in [1.82, 2.24) is 19.6 Å². The zero-order valence-electron chi connectivity index (χ0n) is 14.2. The summed E-state index contributed by atoms with van der Waals surface area (Å²) in [6.45, 7) is 4.52. The lowest BCUT2D eigenvalue weighted by atomic mass is 9.99. The van der Waals surface area contributed by atoms with Gasteiger partial charge < -0.3 is 9.88 Å². The molecule has 2 heterocycles. The van der Waals surface area contributed by atoms with E-state index in [1.807, 2.05) is 6.92 Å². The van der Waals surface area contributed by atoms with Crippen LogP contribution in [-0.2, 0) is 21.2 Å². The summed E-state index contributed by atoms with van der Waals surface area (Å²) in [5.41, 5.74) is 0.00290. The SMILES string of the molecule is CCC[C@H]1CN(C(=O)Cc2cnc(C)[nH]c2=O)C[C@@H]1NS(C)(=O)=O. The van der Waals surface area contributed by atoms with Crippen LogP contribution in [0.5, 0.6) is 0 Å². The van der Waals surface area contributed by atoms with E-state index in [4.69, 9.17) is 0 Å². The summed E-state index contributed by atoms with van der Waals surface area (Å²) in [4.78, 5) is 32.5. The lowest BCUT2D eigenvalue weighted by molar-refractivity contribution is -0.129. The highest BCUT2D eigenvalue weighted by Gasteiger charge is 2.36. The number of amides is 1. The van der Waals surface area contributed by atoms with Crippen LogP contribution in [0.3, 0.4) is 0 Å². The van der Waals surface area contributed by atoms with Gasteiger partial charge in [0.05, 0.1) is 12.7 Å².